The Hall–Kier alpha value is -2.70. The number of hydrogen-bond acceptors (Lipinski definition) is 2. The summed E-state index contributed by atoms with van der Waals surface area (Å²) in [6.45, 7) is 0.516. The van der Waals surface area contributed by atoms with Gasteiger partial charge in [-0.15, -0.1) is 0 Å². The number of carbonyl (C=O) groups is 1. The summed E-state index contributed by atoms with van der Waals surface area (Å²) in [4.78, 5) is 13.3. The number of halogens is 3. The summed E-state index contributed by atoms with van der Waals surface area (Å²) < 4.78 is 44.1. The summed E-state index contributed by atoms with van der Waals surface area (Å²) in [5.74, 6) is -1.90. The van der Waals surface area contributed by atoms with Crippen LogP contribution in [0.1, 0.15) is 5.56 Å². The zero-order chi connectivity index (χ0) is 17.5. The molecule has 0 heterocycles. The molecular formula is C17H17F3N2O2. The lowest BCUT2D eigenvalue weighted by Crippen LogP contribution is -2.38. The second-order valence-electron chi connectivity index (χ2n) is 5.14. The molecule has 0 spiro atoms. The van der Waals surface area contributed by atoms with Crippen molar-refractivity contribution in [1.82, 2.24) is 10.2 Å². The zero-order valence-corrected chi connectivity index (χ0v) is 13.1. The number of carbonyl (C=O) groups excluding carboxylic acids is 1. The maximum atomic E-state index is 13.3. The number of ether oxygens (including phenoxy) is 1. The highest BCUT2D eigenvalue weighted by Gasteiger charge is 2.09. The molecule has 0 aliphatic heterocycles. The summed E-state index contributed by atoms with van der Waals surface area (Å²) in [5.41, 5.74) is 0.790. The molecule has 1 N–H and O–H groups in total. The Balaban J connectivity index is 1.73. The predicted molar refractivity (Wildman–Crippen MR) is 83.1 cm³/mol. The van der Waals surface area contributed by atoms with Gasteiger partial charge in [-0.2, -0.15) is 0 Å². The number of urea groups is 1. The molecule has 0 saturated carbocycles. The van der Waals surface area contributed by atoms with E-state index in [0.29, 0.717) is 6.54 Å². The fourth-order valence-corrected chi connectivity index (χ4v) is 1.98. The molecule has 2 amide bonds. The lowest BCUT2D eigenvalue weighted by molar-refractivity contribution is 0.203. The largest absolute Gasteiger partial charge is 0.489 e. The molecule has 0 aliphatic rings. The molecule has 4 nitrogen and oxygen atoms in total. The van der Waals surface area contributed by atoms with Crippen LogP contribution >= 0.6 is 0 Å². The van der Waals surface area contributed by atoms with E-state index in [-0.39, 0.29) is 30.7 Å². The monoisotopic (exact) mass is 338 g/mol. The Kier molecular flexibility index (Phi) is 6.06. The molecule has 0 atom stereocenters. The molecule has 2 rings (SSSR count). The van der Waals surface area contributed by atoms with Crippen molar-refractivity contribution in [1.29, 1.82) is 0 Å². The Morgan fingerprint density at radius 2 is 1.75 bits per heavy atom. The standard InChI is InChI=1S/C17H17F3N2O2/c1-22(11-12-2-4-13(18)5-3-12)17(23)21-8-9-24-16-7-6-14(19)10-15(16)20/h2-7,10H,8-9,11H2,1H3,(H,21,23). The third-order valence-corrected chi connectivity index (χ3v) is 3.21. The van der Waals surface area contributed by atoms with Gasteiger partial charge in [0.1, 0.15) is 18.2 Å². The van der Waals surface area contributed by atoms with Gasteiger partial charge >= 0.3 is 6.03 Å². The number of rotatable bonds is 6. The molecule has 128 valence electrons. The van der Waals surface area contributed by atoms with Crippen LogP contribution in [0.5, 0.6) is 5.75 Å². The summed E-state index contributed by atoms with van der Waals surface area (Å²) >= 11 is 0. The molecule has 2 aromatic carbocycles. The van der Waals surface area contributed by atoms with Crippen LogP contribution in [0.4, 0.5) is 18.0 Å². The maximum Gasteiger partial charge on any atom is 0.317 e. The van der Waals surface area contributed by atoms with E-state index in [2.05, 4.69) is 5.32 Å². The number of nitrogens with one attached hydrogen (secondary N) is 1. The summed E-state index contributed by atoms with van der Waals surface area (Å²) in [6, 6.07) is 8.50. The van der Waals surface area contributed by atoms with Crippen molar-refractivity contribution in [2.45, 2.75) is 6.54 Å². The molecule has 0 aromatic heterocycles. The van der Waals surface area contributed by atoms with Crippen molar-refractivity contribution >= 4 is 6.03 Å². The van der Waals surface area contributed by atoms with Crippen molar-refractivity contribution in [3.8, 4) is 5.75 Å². The van der Waals surface area contributed by atoms with E-state index in [9.17, 15) is 18.0 Å². The van der Waals surface area contributed by atoms with Crippen LogP contribution in [-0.2, 0) is 6.54 Å². The van der Waals surface area contributed by atoms with E-state index in [1.54, 1.807) is 19.2 Å². The van der Waals surface area contributed by atoms with Crippen molar-refractivity contribution in [2.24, 2.45) is 0 Å². The van der Waals surface area contributed by atoms with Crippen LogP contribution in [-0.4, -0.2) is 31.1 Å². The first-order valence-corrected chi connectivity index (χ1v) is 7.27. The van der Waals surface area contributed by atoms with E-state index >= 15 is 0 Å². The minimum Gasteiger partial charge on any atom is -0.489 e. The van der Waals surface area contributed by atoms with Gasteiger partial charge in [-0.3, -0.25) is 0 Å². The maximum absolute atomic E-state index is 13.3. The molecule has 0 aliphatic carbocycles. The number of amides is 2. The Morgan fingerprint density at radius 1 is 1.08 bits per heavy atom. The van der Waals surface area contributed by atoms with Gasteiger partial charge in [-0.05, 0) is 29.8 Å². The van der Waals surface area contributed by atoms with Gasteiger partial charge in [0.2, 0.25) is 0 Å². The summed E-state index contributed by atoms with van der Waals surface area (Å²) in [7, 11) is 1.60. The van der Waals surface area contributed by atoms with Gasteiger partial charge in [0.25, 0.3) is 0 Å². The highest BCUT2D eigenvalue weighted by molar-refractivity contribution is 5.73. The van der Waals surface area contributed by atoms with Crippen molar-refractivity contribution in [3.05, 3.63) is 65.5 Å². The van der Waals surface area contributed by atoms with Crippen molar-refractivity contribution in [3.63, 3.8) is 0 Å². The first kappa shape index (κ1) is 17.7. The van der Waals surface area contributed by atoms with E-state index in [1.165, 1.54) is 23.1 Å². The first-order chi connectivity index (χ1) is 11.5. The average molecular weight is 338 g/mol. The van der Waals surface area contributed by atoms with Crippen LogP contribution in [0, 0.1) is 17.5 Å². The third-order valence-electron chi connectivity index (χ3n) is 3.21. The molecule has 24 heavy (non-hydrogen) atoms. The average Bonchev–Trinajstić information content (AvgIpc) is 2.55. The highest BCUT2D eigenvalue weighted by atomic mass is 19.1. The quantitative estimate of drug-likeness (QED) is 0.821. The second-order valence-corrected chi connectivity index (χ2v) is 5.14. The Morgan fingerprint density at radius 3 is 2.42 bits per heavy atom. The summed E-state index contributed by atoms with van der Waals surface area (Å²) in [5, 5.41) is 2.61. The number of benzene rings is 2. The zero-order valence-electron chi connectivity index (χ0n) is 13.1. The van der Waals surface area contributed by atoms with Crippen LogP contribution in [0.15, 0.2) is 42.5 Å². The van der Waals surface area contributed by atoms with E-state index < -0.39 is 11.6 Å². The molecule has 7 heteroatoms. The minimum absolute atomic E-state index is 0.0404. The second kappa shape index (κ2) is 8.24. The lowest BCUT2D eigenvalue weighted by atomic mass is 10.2. The van der Waals surface area contributed by atoms with Crippen LogP contribution < -0.4 is 10.1 Å². The Bertz CT molecular complexity index is 693. The highest BCUT2D eigenvalue weighted by Crippen LogP contribution is 2.17. The van der Waals surface area contributed by atoms with Crippen molar-refractivity contribution < 1.29 is 22.7 Å². The van der Waals surface area contributed by atoms with E-state index in [0.717, 1.165) is 17.7 Å². The molecule has 0 unspecified atom stereocenters. The molecule has 0 bridgehead atoms. The van der Waals surface area contributed by atoms with Gasteiger partial charge in [-0.25, -0.2) is 18.0 Å². The molecule has 0 saturated heterocycles. The van der Waals surface area contributed by atoms with E-state index in [4.69, 9.17) is 4.74 Å². The van der Waals surface area contributed by atoms with E-state index in [1.807, 2.05) is 0 Å². The van der Waals surface area contributed by atoms with Crippen LogP contribution in [0.2, 0.25) is 0 Å². The minimum atomic E-state index is -0.797. The smallest absolute Gasteiger partial charge is 0.317 e. The van der Waals surface area contributed by atoms with Gasteiger partial charge in [0.15, 0.2) is 11.6 Å². The van der Waals surface area contributed by atoms with Crippen molar-refractivity contribution in [2.75, 3.05) is 20.2 Å². The Labute approximate surface area is 137 Å². The fourth-order valence-electron chi connectivity index (χ4n) is 1.98. The normalized spacial score (nSPS) is 10.3. The van der Waals surface area contributed by atoms with Crippen LogP contribution in [0.3, 0.4) is 0 Å². The third kappa shape index (κ3) is 5.19. The molecular weight excluding hydrogens is 321 g/mol. The summed E-state index contributed by atoms with van der Waals surface area (Å²) in [6.07, 6.45) is 0. The molecule has 0 radical (unpaired) electrons. The number of hydrogen-bond donors (Lipinski definition) is 1. The number of nitrogens with zero attached hydrogens (tertiary/aromatic N) is 1. The van der Waals surface area contributed by atoms with Gasteiger partial charge in [-0.1, -0.05) is 12.1 Å². The fraction of sp³-hybridized carbons (Fsp3) is 0.235. The molecule has 2 aromatic rings. The van der Waals surface area contributed by atoms with Gasteiger partial charge in [0, 0.05) is 19.7 Å². The molecule has 0 fully saturated rings. The lowest BCUT2D eigenvalue weighted by Gasteiger charge is -2.18. The topological polar surface area (TPSA) is 41.6 Å². The predicted octanol–water partition coefficient (Wildman–Crippen LogP) is 3.32. The SMILES string of the molecule is CN(Cc1ccc(F)cc1)C(=O)NCCOc1ccc(F)cc1F. The van der Waals surface area contributed by atoms with Gasteiger partial charge < -0.3 is 15.0 Å². The van der Waals surface area contributed by atoms with Gasteiger partial charge in [0.05, 0.1) is 6.54 Å². The first-order valence-electron chi connectivity index (χ1n) is 7.27. The van der Waals surface area contributed by atoms with Crippen LogP contribution in [0.25, 0.3) is 0 Å².